The van der Waals surface area contributed by atoms with Gasteiger partial charge in [0, 0.05) is 37.4 Å². The number of hydrogen-bond acceptors (Lipinski definition) is 6. The number of amides is 1. The predicted molar refractivity (Wildman–Crippen MR) is 116 cm³/mol. The number of aromatic amines is 1. The Labute approximate surface area is 172 Å². The van der Waals surface area contributed by atoms with Crippen molar-refractivity contribution in [2.24, 2.45) is 0 Å². The van der Waals surface area contributed by atoms with Crippen molar-refractivity contribution in [3.8, 4) is 5.06 Å². The Morgan fingerprint density at radius 3 is 2.86 bits per heavy atom. The molecule has 0 aliphatic heterocycles. The molecule has 4 N–H and O–H groups in total. The second kappa shape index (κ2) is 9.22. The topological polar surface area (TPSA) is 91.1 Å². The number of ether oxygens (including phenoxy) is 1. The van der Waals surface area contributed by atoms with Crippen molar-refractivity contribution in [1.82, 2.24) is 20.6 Å². The first-order valence-corrected chi connectivity index (χ1v) is 10.1. The van der Waals surface area contributed by atoms with E-state index in [0.717, 1.165) is 29.0 Å². The molecule has 7 nitrogen and oxygen atoms in total. The van der Waals surface area contributed by atoms with E-state index in [2.05, 4.69) is 38.1 Å². The third-order valence-corrected chi connectivity index (χ3v) is 5.08. The zero-order valence-electron chi connectivity index (χ0n) is 15.6. The average Bonchev–Trinajstić information content (AvgIpc) is 3.39. The van der Waals surface area contributed by atoms with Crippen molar-refractivity contribution in [3.05, 3.63) is 71.9 Å². The van der Waals surface area contributed by atoms with Crippen molar-refractivity contribution in [1.29, 1.82) is 0 Å². The van der Waals surface area contributed by atoms with E-state index in [9.17, 15) is 4.79 Å². The van der Waals surface area contributed by atoms with Crippen LogP contribution in [0.4, 0.5) is 16.2 Å². The number of fused-ring (bicyclic) bond motifs is 1. The number of pyridine rings is 1. The van der Waals surface area contributed by atoms with E-state index in [4.69, 9.17) is 4.74 Å². The Morgan fingerprint density at radius 1 is 1.07 bits per heavy atom. The summed E-state index contributed by atoms with van der Waals surface area (Å²) in [5, 5.41) is 12.7. The first kappa shape index (κ1) is 19.0. The summed E-state index contributed by atoms with van der Waals surface area (Å²) in [6.07, 6.45) is 3.09. The first-order valence-electron chi connectivity index (χ1n) is 9.26. The smallest absolute Gasteiger partial charge is 0.397 e. The van der Waals surface area contributed by atoms with Gasteiger partial charge in [-0.2, -0.15) is 0 Å². The molecule has 0 saturated carbocycles. The molecule has 1 aromatic carbocycles. The van der Waals surface area contributed by atoms with Crippen molar-refractivity contribution in [3.63, 3.8) is 0 Å². The van der Waals surface area contributed by atoms with Crippen LogP contribution in [-0.4, -0.2) is 29.2 Å². The number of benzene rings is 1. The van der Waals surface area contributed by atoms with Crippen LogP contribution in [0.2, 0.25) is 0 Å². The summed E-state index contributed by atoms with van der Waals surface area (Å²) in [7, 11) is 0. The Balaban J connectivity index is 1.26. The summed E-state index contributed by atoms with van der Waals surface area (Å²) in [5.74, 6) is 0. The monoisotopic (exact) mass is 407 g/mol. The number of anilines is 2. The Kier molecular flexibility index (Phi) is 6.04. The summed E-state index contributed by atoms with van der Waals surface area (Å²) < 4.78 is 5.47. The molecule has 0 aliphatic rings. The number of carbonyl (C=O) groups excluding carboxylic acids is 1. The fourth-order valence-corrected chi connectivity index (χ4v) is 3.58. The zero-order chi connectivity index (χ0) is 19.9. The number of nitrogens with zero attached hydrogens (tertiary/aromatic N) is 1. The summed E-state index contributed by atoms with van der Waals surface area (Å²) in [6.45, 7) is 1.90. The number of carbonyl (C=O) groups is 1. The van der Waals surface area contributed by atoms with Gasteiger partial charge in [0.05, 0.1) is 11.4 Å². The Bertz CT molecular complexity index is 1080. The van der Waals surface area contributed by atoms with Gasteiger partial charge in [0.1, 0.15) is 5.65 Å². The highest BCUT2D eigenvalue weighted by atomic mass is 32.1. The van der Waals surface area contributed by atoms with Crippen LogP contribution in [0.15, 0.2) is 66.3 Å². The van der Waals surface area contributed by atoms with Gasteiger partial charge in [0.15, 0.2) is 0 Å². The molecule has 0 spiro atoms. The van der Waals surface area contributed by atoms with Gasteiger partial charge in [-0.25, -0.2) is 9.78 Å². The lowest BCUT2D eigenvalue weighted by Crippen LogP contribution is -2.33. The third-order valence-electron chi connectivity index (χ3n) is 4.29. The van der Waals surface area contributed by atoms with E-state index in [1.807, 2.05) is 48.0 Å². The minimum Gasteiger partial charge on any atom is -0.397 e. The summed E-state index contributed by atoms with van der Waals surface area (Å²) in [5.41, 5.74) is 3.64. The lowest BCUT2D eigenvalue weighted by molar-refractivity contribution is 0.202. The van der Waals surface area contributed by atoms with Crippen LogP contribution in [0.5, 0.6) is 5.06 Å². The number of thiophene rings is 1. The molecule has 4 aromatic rings. The van der Waals surface area contributed by atoms with Gasteiger partial charge >= 0.3 is 6.09 Å². The van der Waals surface area contributed by atoms with Crippen molar-refractivity contribution in [2.75, 3.05) is 18.4 Å². The van der Waals surface area contributed by atoms with Crippen molar-refractivity contribution < 1.29 is 9.53 Å². The van der Waals surface area contributed by atoms with E-state index in [0.29, 0.717) is 18.2 Å². The largest absolute Gasteiger partial charge is 0.413 e. The SMILES string of the molecule is O=C(NCCNCc1ccccc1)Oc1sccc1Nc1ccnc2[nH]ccc12. The summed E-state index contributed by atoms with van der Waals surface area (Å²) >= 11 is 1.36. The van der Waals surface area contributed by atoms with Crippen LogP contribution >= 0.6 is 11.3 Å². The van der Waals surface area contributed by atoms with Crippen LogP contribution in [-0.2, 0) is 6.54 Å². The van der Waals surface area contributed by atoms with Crippen molar-refractivity contribution in [2.45, 2.75) is 6.54 Å². The van der Waals surface area contributed by atoms with E-state index in [-0.39, 0.29) is 0 Å². The fraction of sp³-hybridized carbons (Fsp3) is 0.143. The highest BCUT2D eigenvalue weighted by Crippen LogP contribution is 2.35. The minimum atomic E-state index is -0.474. The number of H-pyrrole nitrogens is 1. The van der Waals surface area contributed by atoms with Gasteiger partial charge in [-0.05, 0) is 29.1 Å². The van der Waals surface area contributed by atoms with E-state index in [1.165, 1.54) is 16.9 Å². The second-order valence-corrected chi connectivity index (χ2v) is 7.20. The van der Waals surface area contributed by atoms with Crippen LogP contribution in [0.1, 0.15) is 5.56 Å². The van der Waals surface area contributed by atoms with Gasteiger partial charge in [-0.1, -0.05) is 30.3 Å². The van der Waals surface area contributed by atoms with E-state index < -0.39 is 6.09 Å². The molecule has 0 fully saturated rings. The molecule has 3 heterocycles. The molecule has 0 aliphatic carbocycles. The molecule has 0 saturated heterocycles. The molecular weight excluding hydrogens is 386 g/mol. The second-order valence-electron chi connectivity index (χ2n) is 6.32. The van der Waals surface area contributed by atoms with Gasteiger partial charge < -0.3 is 25.7 Å². The molecule has 0 radical (unpaired) electrons. The number of hydrogen-bond donors (Lipinski definition) is 4. The van der Waals surface area contributed by atoms with Gasteiger partial charge in [-0.3, -0.25) is 0 Å². The first-order chi connectivity index (χ1) is 14.3. The quantitative estimate of drug-likeness (QED) is 0.328. The molecule has 8 heteroatoms. The lowest BCUT2D eigenvalue weighted by atomic mass is 10.2. The number of aromatic nitrogens is 2. The van der Waals surface area contributed by atoms with E-state index >= 15 is 0 Å². The number of nitrogens with one attached hydrogen (secondary N) is 4. The van der Waals surface area contributed by atoms with Crippen LogP contribution < -0.4 is 20.7 Å². The maximum atomic E-state index is 12.1. The zero-order valence-corrected chi connectivity index (χ0v) is 16.5. The summed E-state index contributed by atoms with van der Waals surface area (Å²) in [6, 6.07) is 15.8. The van der Waals surface area contributed by atoms with Crippen molar-refractivity contribution >= 4 is 39.8 Å². The molecule has 148 valence electrons. The fourth-order valence-electron chi connectivity index (χ4n) is 2.88. The highest BCUT2D eigenvalue weighted by molar-refractivity contribution is 7.12. The summed E-state index contributed by atoms with van der Waals surface area (Å²) in [4.78, 5) is 19.5. The molecule has 0 atom stereocenters. The molecule has 0 bridgehead atoms. The minimum absolute atomic E-state index is 0.474. The maximum Gasteiger partial charge on any atom is 0.413 e. The van der Waals surface area contributed by atoms with Gasteiger partial charge in [-0.15, -0.1) is 11.3 Å². The van der Waals surface area contributed by atoms with E-state index in [1.54, 1.807) is 6.20 Å². The van der Waals surface area contributed by atoms with Gasteiger partial charge in [0.2, 0.25) is 5.06 Å². The molecular formula is C21H21N5O2S. The third kappa shape index (κ3) is 4.92. The standard InChI is InChI=1S/C21H21N5O2S/c27-21(25-12-11-22-14-15-4-2-1-3-5-15)28-20-18(8-13-29-20)26-17-7-10-24-19-16(17)6-9-23-19/h1-10,13,22H,11-12,14H2,(H,25,27)(H2,23,24,26). The van der Waals surface area contributed by atoms with Crippen LogP contribution in [0, 0.1) is 0 Å². The molecule has 4 rings (SSSR count). The Morgan fingerprint density at radius 2 is 1.97 bits per heavy atom. The Hall–Kier alpha value is -3.36. The van der Waals surface area contributed by atoms with Gasteiger partial charge in [0.25, 0.3) is 0 Å². The number of rotatable bonds is 8. The lowest BCUT2D eigenvalue weighted by Gasteiger charge is -2.10. The molecule has 0 unspecified atom stereocenters. The van der Waals surface area contributed by atoms with Crippen LogP contribution in [0.25, 0.3) is 11.0 Å². The van der Waals surface area contributed by atoms with Crippen LogP contribution in [0.3, 0.4) is 0 Å². The highest BCUT2D eigenvalue weighted by Gasteiger charge is 2.12. The maximum absolute atomic E-state index is 12.1. The normalized spacial score (nSPS) is 10.8. The molecule has 1 amide bonds. The molecule has 3 aromatic heterocycles. The molecule has 29 heavy (non-hydrogen) atoms. The predicted octanol–water partition coefficient (Wildman–Crippen LogP) is 4.25. The average molecular weight is 407 g/mol.